The number of amides is 2. The highest BCUT2D eigenvalue weighted by atomic mass is 16.5. The van der Waals surface area contributed by atoms with E-state index in [0.717, 1.165) is 5.56 Å². The van der Waals surface area contributed by atoms with Crippen molar-refractivity contribution in [2.45, 2.75) is 18.9 Å². The highest BCUT2D eigenvalue weighted by molar-refractivity contribution is 6.05. The van der Waals surface area contributed by atoms with E-state index in [1.165, 1.54) is 12.3 Å². The fraction of sp³-hybridized carbons (Fsp3) is 0.250. The van der Waals surface area contributed by atoms with Gasteiger partial charge in [0.05, 0.1) is 6.10 Å². The van der Waals surface area contributed by atoms with Crippen LogP contribution in [0.4, 0.5) is 5.82 Å². The van der Waals surface area contributed by atoms with Crippen molar-refractivity contribution in [1.82, 2.24) is 5.16 Å². The SMILES string of the molecule is NC(=O)[C@@H](C[C@@H](O)[CH]Cc1ccccc1)C(=O)Nc1ccon1. The first-order valence-corrected chi connectivity index (χ1v) is 7.12. The molecule has 2 amide bonds. The quantitative estimate of drug-likeness (QED) is 0.626. The number of primary amides is 1. The molecule has 0 aliphatic carbocycles. The Balaban J connectivity index is 1.88. The number of rotatable bonds is 8. The molecule has 0 aliphatic heterocycles. The van der Waals surface area contributed by atoms with E-state index < -0.39 is 23.8 Å². The van der Waals surface area contributed by atoms with Crippen LogP contribution in [0.2, 0.25) is 0 Å². The smallest absolute Gasteiger partial charge is 0.238 e. The number of nitrogens with zero attached hydrogens (tertiary/aromatic N) is 1. The monoisotopic (exact) mass is 316 g/mol. The number of aliphatic hydroxyl groups excluding tert-OH is 1. The number of carbonyl (C=O) groups excluding carboxylic acids is 2. The topological polar surface area (TPSA) is 118 Å². The van der Waals surface area contributed by atoms with E-state index in [2.05, 4.69) is 15.0 Å². The van der Waals surface area contributed by atoms with Gasteiger partial charge in [0.15, 0.2) is 5.82 Å². The minimum Gasteiger partial charge on any atom is -0.393 e. The fourth-order valence-electron chi connectivity index (χ4n) is 2.07. The Hall–Kier alpha value is -2.67. The molecule has 7 nitrogen and oxygen atoms in total. The molecule has 4 N–H and O–H groups in total. The summed E-state index contributed by atoms with van der Waals surface area (Å²) in [6.45, 7) is 0. The van der Waals surface area contributed by atoms with E-state index in [1.807, 2.05) is 30.3 Å². The zero-order valence-corrected chi connectivity index (χ0v) is 12.4. The lowest BCUT2D eigenvalue weighted by Gasteiger charge is -2.16. The second kappa shape index (κ2) is 8.09. The number of benzene rings is 1. The van der Waals surface area contributed by atoms with Crippen LogP contribution >= 0.6 is 0 Å². The number of nitrogens with one attached hydrogen (secondary N) is 1. The molecular formula is C16H18N3O4. The number of hydrogen-bond acceptors (Lipinski definition) is 5. The molecule has 1 aromatic heterocycles. The third-order valence-corrected chi connectivity index (χ3v) is 3.29. The molecule has 0 unspecified atom stereocenters. The Labute approximate surface area is 133 Å². The molecule has 0 aliphatic rings. The van der Waals surface area contributed by atoms with Gasteiger partial charge in [-0.1, -0.05) is 35.5 Å². The second-order valence-electron chi connectivity index (χ2n) is 5.06. The van der Waals surface area contributed by atoms with E-state index in [0.29, 0.717) is 6.42 Å². The summed E-state index contributed by atoms with van der Waals surface area (Å²) in [4.78, 5) is 23.5. The maximum atomic E-state index is 12.0. The normalized spacial score (nSPS) is 13.3. The first-order valence-electron chi connectivity index (χ1n) is 7.12. The van der Waals surface area contributed by atoms with Gasteiger partial charge in [-0.3, -0.25) is 9.59 Å². The molecule has 121 valence electrons. The van der Waals surface area contributed by atoms with Crippen LogP contribution in [0.3, 0.4) is 0 Å². The van der Waals surface area contributed by atoms with Gasteiger partial charge in [0.2, 0.25) is 11.8 Å². The molecule has 7 heteroatoms. The highest BCUT2D eigenvalue weighted by Crippen LogP contribution is 2.14. The van der Waals surface area contributed by atoms with E-state index in [9.17, 15) is 14.7 Å². The molecule has 2 rings (SSSR count). The molecule has 0 bridgehead atoms. The third kappa shape index (κ3) is 5.23. The van der Waals surface area contributed by atoms with Gasteiger partial charge in [0.1, 0.15) is 12.2 Å². The van der Waals surface area contributed by atoms with Crippen molar-refractivity contribution in [3.63, 3.8) is 0 Å². The summed E-state index contributed by atoms with van der Waals surface area (Å²) >= 11 is 0. The van der Waals surface area contributed by atoms with E-state index in [4.69, 9.17) is 5.73 Å². The van der Waals surface area contributed by atoms with E-state index >= 15 is 0 Å². The van der Waals surface area contributed by atoms with Crippen LogP contribution < -0.4 is 11.1 Å². The molecule has 23 heavy (non-hydrogen) atoms. The number of nitrogens with two attached hydrogens (primary N) is 1. The summed E-state index contributed by atoms with van der Waals surface area (Å²) in [6, 6.07) is 11.0. The maximum absolute atomic E-state index is 12.0. The van der Waals surface area contributed by atoms with E-state index in [1.54, 1.807) is 6.42 Å². The molecule has 0 spiro atoms. The van der Waals surface area contributed by atoms with Gasteiger partial charge in [-0.05, 0) is 24.8 Å². The van der Waals surface area contributed by atoms with Crippen LogP contribution in [0.25, 0.3) is 0 Å². The minimum atomic E-state index is -1.16. The highest BCUT2D eigenvalue weighted by Gasteiger charge is 2.27. The Bertz CT molecular complexity index is 628. The van der Waals surface area contributed by atoms with E-state index in [-0.39, 0.29) is 12.2 Å². The molecule has 0 saturated carbocycles. The van der Waals surface area contributed by atoms with Crippen LogP contribution in [0, 0.1) is 12.3 Å². The predicted octanol–water partition coefficient (Wildman–Crippen LogP) is 0.913. The Morgan fingerprint density at radius 3 is 2.65 bits per heavy atom. The molecule has 2 aromatic rings. The van der Waals surface area contributed by atoms with Gasteiger partial charge >= 0.3 is 0 Å². The summed E-state index contributed by atoms with van der Waals surface area (Å²) in [6.07, 6.45) is 2.42. The minimum absolute atomic E-state index is 0.0914. The van der Waals surface area contributed by atoms with Crippen LogP contribution in [0.1, 0.15) is 12.0 Å². The van der Waals surface area contributed by atoms with Crippen LogP contribution in [-0.2, 0) is 16.0 Å². The third-order valence-electron chi connectivity index (χ3n) is 3.29. The lowest BCUT2D eigenvalue weighted by atomic mass is 9.96. The lowest BCUT2D eigenvalue weighted by Crippen LogP contribution is -2.37. The molecular weight excluding hydrogens is 298 g/mol. The van der Waals surface area contributed by atoms with Crippen LogP contribution in [0.5, 0.6) is 0 Å². The van der Waals surface area contributed by atoms with Crippen LogP contribution in [-0.4, -0.2) is 28.2 Å². The van der Waals surface area contributed by atoms with Crippen molar-refractivity contribution in [1.29, 1.82) is 0 Å². The number of carbonyl (C=O) groups is 2. The van der Waals surface area contributed by atoms with Gasteiger partial charge in [0, 0.05) is 6.07 Å². The Kier molecular flexibility index (Phi) is 5.87. The van der Waals surface area contributed by atoms with Gasteiger partial charge in [0.25, 0.3) is 0 Å². The zero-order valence-electron chi connectivity index (χ0n) is 12.4. The van der Waals surface area contributed by atoms with Crippen molar-refractivity contribution >= 4 is 17.6 Å². The Morgan fingerprint density at radius 2 is 2.04 bits per heavy atom. The summed E-state index contributed by atoms with van der Waals surface area (Å²) in [5.41, 5.74) is 6.28. The van der Waals surface area contributed by atoms with Crippen molar-refractivity contribution in [2.75, 3.05) is 5.32 Å². The number of aliphatic hydroxyl groups is 1. The van der Waals surface area contributed by atoms with Crippen molar-refractivity contribution < 1.29 is 19.2 Å². The maximum Gasteiger partial charge on any atom is 0.238 e. The number of aromatic nitrogens is 1. The average molecular weight is 316 g/mol. The fourth-order valence-corrected chi connectivity index (χ4v) is 2.07. The first-order chi connectivity index (χ1) is 11.1. The van der Waals surface area contributed by atoms with Crippen molar-refractivity contribution in [2.24, 2.45) is 11.7 Å². The van der Waals surface area contributed by atoms with Gasteiger partial charge in [-0.2, -0.15) is 0 Å². The predicted molar refractivity (Wildman–Crippen MR) is 82.9 cm³/mol. The Morgan fingerprint density at radius 1 is 1.30 bits per heavy atom. The number of anilines is 1. The summed E-state index contributed by atoms with van der Waals surface area (Å²) < 4.78 is 4.59. The first kappa shape index (κ1) is 16.7. The molecule has 1 radical (unpaired) electrons. The van der Waals surface area contributed by atoms with Crippen molar-refractivity contribution in [3.05, 3.63) is 54.6 Å². The molecule has 0 fully saturated rings. The molecule has 1 aromatic carbocycles. The number of hydrogen-bond donors (Lipinski definition) is 3. The zero-order chi connectivity index (χ0) is 16.7. The standard InChI is InChI=1S/C16H18N3O4/c17-15(21)13(16(22)18-14-8-9-23-19-14)10-12(20)7-6-11-4-2-1-3-5-11/h1-5,7-9,12-13,20H,6,10H2,(H2,17,21)(H,18,19,22)/t12-,13+/m0/s1. The van der Waals surface area contributed by atoms with Gasteiger partial charge in [-0.25, -0.2) is 0 Å². The van der Waals surface area contributed by atoms with Crippen molar-refractivity contribution in [3.8, 4) is 0 Å². The van der Waals surface area contributed by atoms with Gasteiger partial charge < -0.3 is 20.7 Å². The summed E-state index contributed by atoms with van der Waals surface area (Å²) in [5.74, 6) is -2.41. The van der Waals surface area contributed by atoms with Gasteiger partial charge in [-0.15, -0.1) is 0 Å². The molecule has 0 saturated heterocycles. The lowest BCUT2D eigenvalue weighted by molar-refractivity contribution is -0.131. The van der Waals surface area contributed by atoms with Crippen LogP contribution in [0.15, 0.2) is 47.2 Å². The average Bonchev–Trinajstić information content (AvgIpc) is 3.04. The largest absolute Gasteiger partial charge is 0.393 e. The second-order valence-corrected chi connectivity index (χ2v) is 5.06. The molecule has 2 atom stereocenters. The summed E-state index contributed by atoms with van der Waals surface area (Å²) in [5, 5.41) is 16.0. The summed E-state index contributed by atoms with van der Waals surface area (Å²) in [7, 11) is 0. The molecule has 1 heterocycles.